The zero-order chi connectivity index (χ0) is 20.7. The number of oxazole rings is 1. The number of aliphatic imine (C=N–C) groups is 1. The Labute approximate surface area is 174 Å². The first-order valence-electron chi connectivity index (χ1n) is 8.40. The maximum atomic E-state index is 13.6. The Morgan fingerprint density at radius 2 is 1.79 bits per heavy atom. The van der Waals surface area contributed by atoms with Crippen molar-refractivity contribution < 1.29 is 18.3 Å². The van der Waals surface area contributed by atoms with E-state index in [1.54, 1.807) is 30.3 Å². The van der Waals surface area contributed by atoms with Gasteiger partial charge in [0.25, 0.3) is 0 Å². The van der Waals surface area contributed by atoms with E-state index in [-0.39, 0.29) is 27.2 Å². The highest BCUT2D eigenvalue weighted by Gasteiger charge is 2.16. The largest absolute Gasteiger partial charge is 0.506 e. The van der Waals surface area contributed by atoms with Gasteiger partial charge in [-0.25, -0.2) is 13.8 Å². The lowest BCUT2D eigenvalue weighted by atomic mass is 10.1. The molecule has 1 N–H and O–H groups in total. The second-order valence-corrected chi connectivity index (χ2v) is 7.17. The van der Waals surface area contributed by atoms with E-state index >= 15 is 0 Å². The first-order valence-corrected chi connectivity index (χ1v) is 9.16. The molecule has 1 aromatic heterocycles. The van der Waals surface area contributed by atoms with Crippen molar-refractivity contribution in [3.8, 4) is 17.2 Å². The van der Waals surface area contributed by atoms with E-state index < -0.39 is 11.6 Å². The van der Waals surface area contributed by atoms with E-state index in [1.165, 1.54) is 6.21 Å². The Hall–Kier alpha value is -2.96. The van der Waals surface area contributed by atoms with E-state index in [0.29, 0.717) is 22.4 Å². The van der Waals surface area contributed by atoms with Crippen LogP contribution in [0.3, 0.4) is 0 Å². The molecule has 0 saturated heterocycles. The summed E-state index contributed by atoms with van der Waals surface area (Å²) in [4.78, 5) is 8.63. The number of fused-ring (bicyclic) bond motifs is 1. The van der Waals surface area contributed by atoms with Gasteiger partial charge in [0.05, 0.1) is 21.3 Å². The molecule has 3 aromatic carbocycles. The van der Waals surface area contributed by atoms with Crippen molar-refractivity contribution in [1.82, 2.24) is 4.98 Å². The molecular formula is C21H12Cl2F2N2O2. The molecule has 0 radical (unpaired) electrons. The summed E-state index contributed by atoms with van der Waals surface area (Å²) < 4.78 is 32.5. The van der Waals surface area contributed by atoms with E-state index in [1.807, 2.05) is 6.92 Å². The molecule has 0 atom stereocenters. The number of phenolic OH excluding ortho intramolecular Hbond substituents is 1. The topological polar surface area (TPSA) is 58.6 Å². The van der Waals surface area contributed by atoms with E-state index in [4.69, 9.17) is 27.6 Å². The number of hydrogen-bond acceptors (Lipinski definition) is 4. The standard InChI is InChI=1S/C21H12Cl2F2N2O2/c1-10-4-11(20(28)15(23)5-10)9-26-12-2-3-19-18(6-12)27-21(29-19)13-7-16(24)17(25)8-14(13)22/h2-9,28H,1H3. The van der Waals surface area contributed by atoms with Gasteiger partial charge < -0.3 is 9.52 Å². The summed E-state index contributed by atoms with van der Waals surface area (Å²) in [5.41, 5.74) is 2.94. The van der Waals surface area contributed by atoms with Crippen LogP contribution in [-0.2, 0) is 0 Å². The predicted octanol–water partition coefficient (Wildman–Crippen LogP) is 6.84. The average molecular weight is 433 g/mol. The van der Waals surface area contributed by atoms with Gasteiger partial charge in [0, 0.05) is 11.8 Å². The fourth-order valence-electron chi connectivity index (χ4n) is 2.80. The Balaban J connectivity index is 1.70. The SMILES string of the molecule is Cc1cc(Cl)c(O)c(C=Nc2ccc3oc(-c4cc(F)c(F)cc4Cl)nc3c2)c1. The first-order chi connectivity index (χ1) is 13.8. The molecule has 8 heteroatoms. The average Bonchev–Trinajstić information content (AvgIpc) is 3.09. The summed E-state index contributed by atoms with van der Waals surface area (Å²) in [6.07, 6.45) is 1.49. The quantitative estimate of drug-likeness (QED) is 0.284. The van der Waals surface area contributed by atoms with E-state index in [9.17, 15) is 13.9 Å². The second kappa shape index (κ2) is 7.46. The smallest absolute Gasteiger partial charge is 0.228 e. The Morgan fingerprint density at radius 1 is 1.03 bits per heavy atom. The maximum absolute atomic E-state index is 13.6. The lowest BCUT2D eigenvalue weighted by Gasteiger charge is -2.03. The number of aryl methyl sites for hydroxylation is 1. The summed E-state index contributed by atoms with van der Waals surface area (Å²) in [6.45, 7) is 1.86. The monoisotopic (exact) mass is 432 g/mol. The fourth-order valence-corrected chi connectivity index (χ4v) is 3.31. The summed E-state index contributed by atoms with van der Waals surface area (Å²) in [5, 5.41) is 10.3. The van der Waals surface area contributed by atoms with Crippen LogP contribution in [0.15, 0.2) is 51.9 Å². The van der Waals surface area contributed by atoms with Crippen LogP contribution in [0.5, 0.6) is 5.75 Å². The van der Waals surface area contributed by atoms with Gasteiger partial charge in [0.15, 0.2) is 17.2 Å². The zero-order valence-corrected chi connectivity index (χ0v) is 16.4. The molecular weight excluding hydrogens is 421 g/mol. The number of nitrogens with zero attached hydrogens (tertiary/aromatic N) is 2. The number of aromatic nitrogens is 1. The second-order valence-electron chi connectivity index (χ2n) is 6.36. The third-order valence-electron chi connectivity index (χ3n) is 4.20. The molecule has 29 heavy (non-hydrogen) atoms. The van der Waals surface area contributed by atoms with Crippen LogP contribution >= 0.6 is 23.2 Å². The minimum absolute atomic E-state index is 0.0134. The molecule has 4 nitrogen and oxygen atoms in total. The lowest BCUT2D eigenvalue weighted by molar-refractivity contribution is 0.474. The Kier molecular flexibility index (Phi) is 4.98. The normalized spacial score (nSPS) is 11.6. The Bertz CT molecular complexity index is 1290. The molecule has 4 aromatic rings. The third-order valence-corrected chi connectivity index (χ3v) is 4.80. The molecule has 0 aliphatic rings. The summed E-state index contributed by atoms with van der Waals surface area (Å²) in [6, 6.07) is 10.2. The van der Waals surface area contributed by atoms with Crippen molar-refractivity contribution in [1.29, 1.82) is 0 Å². The molecule has 1 heterocycles. The molecule has 4 rings (SSSR count). The van der Waals surface area contributed by atoms with Gasteiger partial charge in [-0.2, -0.15) is 0 Å². The van der Waals surface area contributed by atoms with Gasteiger partial charge in [0.1, 0.15) is 11.3 Å². The summed E-state index contributed by atoms with van der Waals surface area (Å²) in [7, 11) is 0. The fraction of sp³-hybridized carbons (Fsp3) is 0.0476. The van der Waals surface area contributed by atoms with Crippen molar-refractivity contribution in [3.05, 3.63) is 75.3 Å². The number of phenols is 1. The van der Waals surface area contributed by atoms with Crippen LogP contribution < -0.4 is 0 Å². The minimum atomic E-state index is -1.05. The molecule has 0 aliphatic carbocycles. The maximum Gasteiger partial charge on any atom is 0.228 e. The van der Waals surface area contributed by atoms with Gasteiger partial charge in [-0.1, -0.05) is 23.2 Å². The third kappa shape index (κ3) is 3.81. The highest BCUT2D eigenvalue weighted by molar-refractivity contribution is 6.33. The van der Waals surface area contributed by atoms with Gasteiger partial charge >= 0.3 is 0 Å². The van der Waals surface area contributed by atoms with Crippen LogP contribution in [-0.4, -0.2) is 16.3 Å². The molecule has 0 unspecified atom stereocenters. The van der Waals surface area contributed by atoms with Crippen molar-refractivity contribution in [2.24, 2.45) is 4.99 Å². The molecule has 0 saturated carbocycles. The minimum Gasteiger partial charge on any atom is -0.506 e. The lowest BCUT2D eigenvalue weighted by Crippen LogP contribution is -1.87. The van der Waals surface area contributed by atoms with Crippen molar-refractivity contribution >= 4 is 46.2 Å². The molecule has 146 valence electrons. The Morgan fingerprint density at radius 3 is 2.59 bits per heavy atom. The van der Waals surface area contributed by atoms with Crippen LogP contribution in [0.2, 0.25) is 10.0 Å². The van der Waals surface area contributed by atoms with Crippen LogP contribution in [0.1, 0.15) is 11.1 Å². The molecule has 0 amide bonds. The highest BCUT2D eigenvalue weighted by Crippen LogP contribution is 2.33. The summed E-state index contributed by atoms with van der Waals surface area (Å²) >= 11 is 12.0. The van der Waals surface area contributed by atoms with Gasteiger partial charge in [-0.3, -0.25) is 4.99 Å². The number of benzene rings is 3. The van der Waals surface area contributed by atoms with Gasteiger partial charge in [-0.15, -0.1) is 0 Å². The van der Waals surface area contributed by atoms with Crippen LogP contribution in [0.25, 0.3) is 22.6 Å². The summed E-state index contributed by atoms with van der Waals surface area (Å²) in [5.74, 6) is -2.09. The number of aromatic hydroxyl groups is 1. The highest BCUT2D eigenvalue weighted by atomic mass is 35.5. The number of hydrogen-bond donors (Lipinski definition) is 1. The van der Waals surface area contributed by atoms with E-state index in [0.717, 1.165) is 17.7 Å². The number of halogens is 4. The molecule has 0 aliphatic heterocycles. The van der Waals surface area contributed by atoms with Gasteiger partial charge in [-0.05, 0) is 55.0 Å². The molecule has 0 fully saturated rings. The zero-order valence-electron chi connectivity index (χ0n) is 14.9. The van der Waals surface area contributed by atoms with Crippen molar-refractivity contribution in [2.45, 2.75) is 6.92 Å². The van der Waals surface area contributed by atoms with Crippen molar-refractivity contribution in [2.75, 3.05) is 0 Å². The van der Waals surface area contributed by atoms with Crippen molar-refractivity contribution in [3.63, 3.8) is 0 Å². The van der Waals surface area contributed by atoms with Crippen LogP contribution in [0.4, 0.5) is 14.5 Å². The van der Waals surface area contributed by atoms with Gasteiger partial charge in [0.2, 0.25) is 5.89 Å². The molecule has 0 spiro atoms. The predicted molar refractivity (Wildman–Crippen MR) is 109 cm³/mol. The van der Waals surface area contributed by atoms with Crippen LogP contribution in [0, 0.1) is 18.6 Å². The number of rotatable bonds is 3. The molecule has 0 bridgehead atoms. The van der Waals surface area contributed by atoms with E-state index in [2.05, 4.69) is 9.98 Å². The first kappa shape index (κ1) is 19.4.